The molecule has 31 heavy (non-hydrogen) atoms. The molecule has 0 saturated carbocycles. The summed E-state index contributed by atoms with van der Waals surface area (Å²) in [6, 6.07) is 19.0. The summed E-state index contributed by atoms with van der Waals surface area (Å²) in [5.74, 6) is -0.0850. The van der Waals surface area contributed by atoms with Crippen LogP contribution in [0.25, 0.3) is 0 Å². The van der Waals surface area contributed by atoms with E-state index >= 15 is 0 Å². The quantitative estimate of drug-likeness (QED) is 0.695. The van der Waals surface area contributed by atoms with Crippen LogP contribution >= 0.6 is 0 Å². The molecule has 3 aromatic rings. The fourth-order valence-corrected chi connectivity index (χ4v) is 4.68. The van der Waals surface area contributed by atoms with Crippen LogP contribution in [0.1, 0.15) is 28.9 Å². The molecule has 0 unspecified atom stereocenters. The molecule has 2 atom stereocenters. The molecule has 6 nitrogen and oxygen atoms in total. The van der Waals surface area contributed by atoms with Crippen molar-refractivity contribution < 1.29 is 9.53 Å². The minimum Gasteiger partial charge on any atom is -0.367 e. The number of nitrogens with zero attached hydrogens (tertiary/aromatic N) is 3. The maximum absolute atomic E-state index is 12.8. The number of amides is 1. The monoisotopic (exact) mass is 414 g/mol. The molecular formula is C25H26N4O2. The number of rotatable bonds is 5. The van der Waals surface area contributed by atoms with Crippen LogP contribution in [0.4, 0.5) is 5.69 Å². The fraction of sp³-hybridized carbons (Fsp3) is 0.320. The van der Waals surface area contributed by atoms with E-state index in [-0.39, 0.29) is 11.3 Å². The molecule has 1 amide bonds. The van der Waals surface area contributed by atoms with Crippen molar-refractivity contribution in [1.29, 1.82) is 0 Å². The number of benzene rings is 2. The van der Waals surface area contributed by atoms with E-state index in [0.29, 0.717) is 19.6 Å². The normalized spacial score (nSPS) is 22.0. The smallest absolute Gasteiger partial charge is 0.249 e. The highest BCUT2D eigenvalue weighted by Gasteiger charge is 2.50. The van der Waals surface area contributed by atoms with E-state index in [1.165, 1.54) is 16.8 Å². The van der Waals surface area contributed by atoms with Crippen LogP contribution in [0.15, 0.2) is 67.0 Å². The topological polar surface area (TPSA) is 67.3 Å². The summed E-state index contributed by atoms with van der Waals surface area (Å²) in [6.45, 7) is 4.51. The Labute approximate surface area is 182 Å². The zero-order valence-corrected chi connectivity index (χ0v) is 17.6. The number of para-hydroxylation sites is 1. The van der Waals surface area contributed by atoms with Gasteiger partial charge in [-0.05, 0) is 30.5 Å². The van der Waals surface area contributed by atoms with Crippen molar-refractivity contribution in [2.45, 2.75) is 38.0 Å². The molecule has 158 valence electrons. The van der Waals surface area contributed by atoms with Gasteiger partial charge >= 0.3 is 0 Å². The number of hydrogen-bond acceptors (Lipinski definition) is 5. The Morgan fingerprint density at radius 3 is 2.74 bits per heavy atom. The molecule has 1 N–H and O–H groups in total. The minimum atomic E-state index is -0.455. The molecule has 2 aliphatic heterocycles. The average Bonchev–Trinajstić information content (AvgIpc) is 3.36. The van der Waals surface area contributed by atoms with E-state index in [0.717, 1.165) is 24.5 Å². The predicted octanol–water partition coefficient (Wildman–Crippen LogP) is 3.15. The van der Waals surface area contributed by atoms with Gasteiger partial charge in [-0.3, -0.25) is 14.8 Å². The summed E-state index contributed by atoms with van der Waals surface area (Å²) in [7, 11) is 0. The first-order chi connectivity index (χ1) is 15.1. The number of hydrogen-bond donors (Lipinski definition) is 1. The Balaban J connectivity index is 1.29. The van der Waals surface area contributed by atoms with Gasteiger partial charge in [0.1, 0.15) is 6.10 Å². The van der Waals surface area contributed by atoms with Gasteiger partial charge < -0.3 is 15.0 Å². The molecule has 1 fully saturated rings. The summed E-state index contributed by atoms with van der Waals surface area (Å²) in [5.41, 5.74) is 5.25. The molecular weight excluding hydrogens is 388 g/mol. The standard InChI is InChI=1S/C25H26N4O2/c1-18-12-27-20(13-26-18)14-28-24(30)23-11-25(17-31-23)16-29(15-19-7-3-2-4-8-19)22-10-6-5-9-21(22)25/h2-10,12-13,23H,11,14-17H2,1H3,(H,28,30)/t23-,25-/m1/s1. The number of anilines is 1. The highest BCUT2D eigenvalue weighted by atomic mass is 16.5. The van der Waals surface area contributed by atoms with Gasteiger partial charge in [0.2, 0.25) is 5.91 Å². The summed E-state index contributed by atoms with van der Waals surface area (Å²) >= 11 is 0. The van der Waals surface area contributed by atoms with Crippen molar-refractivity contribution in [3.05, 3.63) is 89.5 Å². The van der Waals surface area contributed by atoms with Gasteiger partial charge in [0.15, 0.2) is 0 Å². The van der Waals surface area contributed by atoms with Crippen LogP contribution in [0.3, 0.4) is 0 Å². The van der Waals surface area contributed by atoms with E-state index in [9.17, 15) is 4.79 Å². The Kier molecular flexibility index (Phi) is 5.16. The van der Waals surface area contributed by atoms with E-state index in [2.05, 4.69) is 68.7 Å². The van der Waals surface area contributed by atoms with Crippen molar-refractivity contribution in [3.63, 3.8) is 0 Å². The Morgan fingerprint density at radius 2 is 1.94 bits per heavy atom. The van der Waals surface area contributed by atoms with Gasteiger partial charge in [-0.15, -0.1) is 0 Å². The molecule has 5 rings (SSSR count). The van der Waals surface area contributed by atoms with Crippen molar-refractivity contribution in [3.8, 4) is 0 Å². The Bertz CT molecular complexity index is 1070. The molecule has 0 aliphatic carbocycles. The minimum absolute atomic E-state index is 0.0850. The first kappa shape index (κ1) is 19.7. The second kappa shape index (κ2) is 8.12. The number of ether oxygens (including phenoxy) is 1. The number of carbonyl (C=O) groups is 1. The van der Waals surface area contributed by atoms with Gasteiger partial charge in [-0.25, -0.2) is 0 Å². The lowest BCUT2D eigenvalue weighted by Crippen LogP contribution is -2.37. The number of aromatic nitrogens is 2. The molecule has 0 radical (unpaired) electrons. The van der Waals surface area contributed by atoms with Gasteiger partial charge in [0, 0.05) is 30.4 Å². The highest BCUT2D eigenvalue weighted by molar-refractivity contribution is 5.81. The van der Waals surface area contributed by atoms with Crippen molar-refractivity contribution in [2.75, 3.05) is 18.1 Å². The highest BCUT2D eigenvalue weighted by Crippen LogP contribution is 2.47. The van der Waals surface area contributed by atoms with Crippen LogP contribution < -0.4 is 10.2 Å². The molecule has 2 aliphatic rings. The SMILES string of the molecule is Cc1cnc(CNC(=O)[C@H]2C[C@]3(CO2)CN(Cc2ccccc2)c2ccccc23)cn1. The lowest BCUT2D eigenvalue weighted by molar-refractivity contribution is -0.130. The Morgan fingerprint density at radius 1 is 1.13 bits per heavy atom. The molecule has 0 bridgehead atoms. The molecule has 1 aromatic heterocycles. The molecule has 2 aromatic carbocycles. The summed E-state index contributed by atoms with van der Waals surface area (Å²) in [4.78, 5) is 23.8. The summed E-state index contributed by atoms with van der Waals surface area (Å²) in [5, 5.41) is 2.96. The second-order valence-electron chi connectivity index (χ2n) is 8.51. The van der Waals surface area contributed by atoms with Gasteiger partial charge in [-0.1, -0.05) is 48.5 Å². The third kappa shape index (κ3) is 3.91. The maximum Gasteiger partial charge on any atom is 0.249 e. The van der Waals surface area contributed by atoms with Crippen LogP contribution in [0.2, 0.25) is 0 Å². The van der Waals surface area contributed by atoms with Gasteiger partial charge in [-0.2, -0.15) is 0 Å². The predicted molar refractivity (Wildman–Crippen MR) is 119 cm³/mol. The molecule has 3 heterocycles. The number of carbonyl (C=O) groups excluding carboxylic acids is 1. The van der Waals surface area contributed by atoms with Crippen molar-refractivity contribution >= 4 is 11.6 Å². The van der Waals surface area contributed by atoms with E-state index in [1.807, 2.05) is 13.0 Å². The van der Waals surface area contributed by atoms with Gasteiger partial charge in [0.25, 0.3) is 0 Å². The lowest BCUT2D eigenvalue weighted by atomic mass is 9.80. The Hall–Kier alpha value is -3.25. The first-order valence-corrected chi connectivity index (χ1v) is 10.7. The summed E-state index contributed by atoms with van der Waals surface area (Å²) in [6.07, 6.45) is 3.63. The average molecular weight is 415 g/mol. The van der Waals surface area contributed by atoms with E-state index in [4.69, 9.17) is 4.74 Å². The maximum atomic E-state index is 12.8. The van der Waals surface area contributed by atoms with Crippen LogP contribution in [0, 0.1) is 6.92 Å². The zero-order chi connectivity index (χ0) is 21.3. The lowest BCUT2D eigenvalue weighted by Gasteiger charge is -2.24. The fourth-order valence-electron chi connectivity index (χ4n) is 4.68. The zero-order valence-electron chi connectivity index (χ0n) is 17.6. The van der Waals surface area contributed by atoms with Crippen LogP contribution in [-0.4, -0.2) is 35.1 Å². The second-order valence-corrected chi connectivity index (χ2v) is 8.51. The first-order valence-electron chi connectivity index (χ1n) is 10.7. The molecule has 1 spiro atoms. The van der Waals surface area contributed by atoms with Gasteiger partial charge in [0.05, 0.1) is 30.7 Å². The molecule has 1 saturated heterocycles. The van der Waals surface area contributed by atoms with E-state index in [1.54, 1.807) is 12.4 Å². The molecule has 6 heteroatoms. The number of aryl methyl sites for hydroxylation is 1. The van der Waals surface area contributed by atoms with Crippen LogP contribution in [-0.2, 0) is 28.0 Å². The van der Waals surface area contributed by atoms with Crippen LogP contribution in [0.5, 0.6) is 0 Å². The number of fused-ring (bicyclic) bond motifs is 2. The number of nitrogens with one attached hydrogen (secondary N) is 1. The third-order valence-corrected chi connectivity index (χ3v) is 6.23. The van der Waals surface area contributed by atoms with E-state index < -0.39 is 6.10 Å². The largest absolute Gasteiger partial charge is 0.367 e. The van der Waals surface area contributed by atoms with Crippen molar-refractivity contribution in [1.82, 2.24) is 15.3 Å². The third-order valence-electron chi connectivity index (χ3n) is 6.23. The van der Waals surface area contributed by atoms with Crippen molar-refractivity contribution in [2.24, 2.45) is 0 Å². The summed E-state index contributed by atoms with van der Waals surface area (Å²) < 4.78 is 6.04.